The number of rotatable bonds is 6. The Balaban J connectivity index is 1.46. The van der Waals surface area contributed by atoms with E-state index in [1.54, 1.807) is 0 Å². The smallest absolute Gasteiger partial charge is 0.254 e. The lowest BCUT2D eigenvalue weighted by Gasteiger charge is -2.26. The van der Waals surface area contributed by atoms with Gasteiger partial charge in [-0.15, -0.1) is 0 Å². The van der Waals surface area contributed by atoms with Gasteiger partial charge in [0.2, 0.25) is 5.91 Å². The first-order chi connectivity index (χ1) is 13.6. The summed E-state index contributed by atoms with van der Waals surface area (Å²) in [6.07, 6.45) is 1.60. The van der Waals surface area contributed by atoms with Crippen molar-refractivity contribution in [2.45, 2.75) is 39.5 Å². The Kier molecular flexibility index (Phi) is 6.07. The van der Waals surface area contributed by atoms with Gasteiger partial charge in [0.15, 0.2) is 10.9 Å². The summed E-state index contributed by atoms with van der Waals surface area (Å²) in [5, 5.41) is 5.57. The molecule has 2 N–H and O–H groups in total. The molecule has 0 saturated carbocycles. The van der Waals surface area contributed by atoms with E-state index in [0.29, 0.717) is 35.3 Å². The van der Waals surface area contributed by atoms with Gasteiger partial charge in [-0.05, 0) is 30.4 Å². The Labute approximate surface area is 170 Å². The van der Waals surface area contributed by atoms with Gasteiger partial charge in [0.25, 0.3) is 5.91 Å². The number of fused-ring (bicyclic) bond motifs is 1. The first-order valence-corrected chi connectivity index (χ1v) is 10.0. The number of benzene rings is 1. The fourth-order valence-electron chi connectivity index (χ4n) is 3.18. The van der Waals surface area contributed by atoms with Gasteiger partial charge in [0.05, 0.1) is 16.1 Å². The molecule has 0 spiro atoms. The Hall–Kier alpha value is -2.68. The molecule has 1 aromatic heterocycles. The normalized spacial score (nSPS) is 15.0. The number of anilines is 1. The highest BCUT2D eigenvalue weighted by molar-refractivity contribution is 7.17. The largest absolute Gasteiger partial charge is 0.352 e. The molecule has 1 aromatic carbocycles. The molecule has 0 fully saturated rings. The molecule has 9 heteroatoms. The van der Waals surface area contributed by atoms with Crippen molar-refractivity contribution < 1.29 is 23.2 Å². The molecule has 1 heterocycles. The summed E-state index contributed by atoms with van der Waals surface area (Å²) in [4.78, 5) is 41.2. The van der Waals surface area contributed by atoms with Crippen LogP contribution in [0.15, 0.2) is 18.2 Å². The van der Waals surface area contributed by atoms with Gasteiger partial charge in [0, 0.05) is 25.5 Å². The third-order valence-corrected chi connectivity index (χ3v) is 5.58. The predicted molar refractivity (Wildman–Crippen MR) is 105 cm³/mol. The standard InChI is InChI=1S/C20H21F2N3O3S/c1-20(2)9-14-17(15(26)10-20)29-19(24-14)25-16(27)4-3-7-23-18(28)12-6-5-11(21)8-13(12)22/h5-6,8H,3-4,7,9-10H2,1-2H3,(H,23,28)(H,24,25,27). The average molecular weight is 421 g/mol. The molecule has 1 aliphatic rings. The highest BCUT2D eigenvalue weighted by Crippen LogP contribution is 2.38. The van der Waals surface area contributed by atoms with Crippen LogP contribution < -0.4 is 10.6 Å². The van der Waals surface area contributed by atoms with Gasteiger partial charge in [-0.2, -0.15) is 0 Å². The van der Waals surface area contributed by atoms with Crippen LogP contribution in [0.1, 0.15) is 58.8 Å². The number of ketones is 1. The molecule has 0 bridgehead atoms. The summed E-state index contributed by atoms with van der Waals surface area (Å²) in [7, 11) is 0. The maximum absolute atomic E-state index is 13.6. The summed E-state index contributed by atoms with van der Waals surface area (Å²) in [6, 6.07) is 2.71. The van der Waals surface area contributed by atoms with E-state index in [0.717, 1.165) is 17.8 Å². The minimum absolute atomic E-state index is 0.0463. The third kappa shape index (κ3) is 5.23. The Morgan fingerprint density at radius 3 is 2.72 bits per heavy atom. The lowest BCUT2D eigenvalue weighted by Crippen LogP contribution is -2.26. The van der Waals surface area contributed by atoms with Crippen LogP contribution in [0, 0.1) is 17.0 Å². The maximum Gasteiger partial charge on any atom is 0.254 e. The fraction of sp³-hybridized carbons (Fsp3) is 0.400. The van der Waals surface area contributed by atoms with Crippen LogP contribution in [0.4, 0.5) is 13.9 Å². The lowest BCUT2D eigenvalue weighted by molar-refractivity contribution is -0.116. The van der Waals surface area contributed by atoms with Crippen molar-refractivity contribution in [3.05, 3.63) is 46.0 Å². The van der Waals surface area contributed by atoms with Crippen LogP contribution in [0.5, 0.6) is 0 Å². The fourth-order valence-corrected chi connectivity index (χ4v) is 4.11. The predicted octanol–water partition coefficient (Wildman–Crippen LogP) is 3.73. The minimum Gasteiger partial charge on any atom is -0.352 e. The van der Waals surface area contributed by atoms with Crippen molar-refractivity contribution in [1.29, 1.82) is 0 Å². The molecule has 0 unspecified atom stereocenters. The Morgan fingerprint density at radius 1 is 1.24 bits per heavy atom. The number of aromatic nitrogens is 1. The van der Waals surface area contributed by atoms with Gasteiger partial charge in [-0.25, -0.2) is 13.8 Å². The molecule has 0 saturated heterocycles. The van der Waals surface area contributed by atoms with Crippen molar-refractivity contribution in [3.8, 4) is 0 Å². The van der Waals surface area contributed by atoms with Crippen molar-refractivity contribution in [1.82, 2.24) is 10.3 Å². The Morgan fingerprint density at radius 2 is 2.00 bits per heavy atom. The number of nitrogens with one attached hydrogen (secondary N) is 2. The van der Waals surface area contributed by atoms with E-state index in [-0.39, 0.29) is 35.6 Å². The first kappa shape index (κ1) is 21.0. The summed E-state index contributed by atoms with van der Waals surface area (Å²) < 4.78 is 26.4. The summed E-state index contributed by atoms with van der Waals surface area (Å²) in [5.41, 5.74) is 0.332. The number of carbonyl (C=O) groups excluding carboxylic acids is 3. The van der Waals surface area contributed by atoms with Crippen molar-refractivity contribution in [3.63, 3.8) is 0 Å². The molecule has 29 heavy (non-hydrogen) atoms. The van der Waals surface area contributed by atoms with E-state index in [9.17, 15) is 23.2 Å². The molecule has 1 aliphatic carbocycles. The number of carbonyl (C=O) groups is 3. The summed E-state index contributed by atoms with van der Waals surface area (Å²) in [6.45, 7) is 4.18. The molecule has 0 atom stereocenters. The molecule has 0 aliphatic heterocycles. The second-order valence-corrected chi connectivity index (χ2v) is 8.77. The molecular formula is C20H21F2N3O3S. The molecule has 3 rings (SSSR count). The quantitative estimate of drug-likeness (QED) is 0.696. The van der Waals surface area contributed by atoms with Gasteiger partial charge in [0.1, 0.15) is 11.6 Å². The third-order valence-electron chi connectivity index (χ3n) is 4.52. The number of halogens is 2. The summed E-state index contributed by atoms with van der Waals surface area (Å²) in [5.74, 6) is -2.61. The molecule has 154 valence electrons. The molecular weight excluding hydrogens is 400 g/mol. The van der Waals surface area contributed by atoms with Gasteiger partial charge in [-0.1, -0.05) is 25.2 Å². The highest BCUT2D eigenvalue weighted by atomic mass is 32.1. The van der Waals surface area contributed by atoms with Crippen LogP contribution in [0.3, 0.4) is 0 Å². The van der Waals surface area contributed by atoms with E-state index >= 15 is 0 Å². The molecule has 6 nitrogen and oxygen atoms in total. The molecule has 0 radical (unpaired) electrons. The first-order valence-electron chi connectivity index (χ1n) is 9.21. The van der Waals surface area contributed by atoms with Crippen molar-refractivity contribution >= 4 is 34.1 Å². The SMILES string of the molecule is CC1(C)CC(=O)c2sc(NC(=O)CCCNC(=O)c3ccc(F)cc3F)nc2C1. The number of hydrogen-bond acceptors (Lipinski definition) is 5. The molecule has 2 aromatic rings. The number of Topliss-reactive ketones (excluding diaryl/α,β-unsaturated/α-hetero) is 1. The van der Waals surface area contributed by atoms with Crippen molar-refractivity contribution in [2.75, 3.05) is 11.9 Å². The second-order valence-electron chi connectivity index (χ2n) is 7.77. The van der Waals surface area contributed by atoms with E-state index in [1.165, 1.54) is 11.3 Å². The zero-order chi connectivity index (χ0) is 21.2. The van der Waals surface area contributed by atoms with E-state index in [4.69, 9.17) is 0 Å². The minimum atomic E-state index is -0.939. The average Bonchev–Trinajstić information content (AvgIpc) is 2.99. The number of nitrogens with zero attached hydrogens (tertiary/aromatic N) is 1. The Bertz CT molecular complexity index is 972. The maximum atomic E-state index is 13.6. The topological polar surface area (TPSA) is 88.2 Å². The van der Waals surface area contributed by atoms with Gasteiger partial charge in [-0.3, -0.25) is 14.4 Å². The van der Waals surface area contributed by atoms with E-state index in [1.807, 2.05) is 13.8 Å². The monoisotopic (exact) mass is 421 g/mol. The van der Waals surface area contributed by atoms with Crippen LogP contribution in [-0.4, -0.2) is 29.1 Å². The zero-order valence-electron chi connectivity index (χ0n) is 16.1. The van der Waals surface area contributed by atoms with Crippen LogP contribution in [0.2, 0.25) is 0 Å². The number of hydrogen-bond donors (Lipinski definition) is 2. The lowest BCUT2D eigenvalue weighted by atomic mass is 9.78. The second kappa shape index (κ2) is 8.36. The molecule has 2 amide bonds. The van der Waals surface area contributed by atoms with Crippen molar-refractivity contribution in [2.24, 2.45) is 5.41 Å². The zero-order valence-corrected chi connectivity index (χ0v) is 16.9. The van der Waals surface area contributed by atoms with E-state index < -0.39 is 17.5 Å². The van der Waals surface area contributed by atoms with Crippen LogP contribution in [-0.2, 0) is 11.2 Å². The van der Waals surface area contributed by atoms with Crippen LogP contribution >= 0.6 is 11.3 Å². The van der Waals surface area contributed by atoms with Gasteiger partial charge < -0.3 is 10.6 Å². The number of amides is 2. The van der Waals surface area contributed by atoms with E-state index in [2.05, 4.69) is 15.6 Å². The number of thiazole rings is 1. The summed E-state index contributed by atoms with van der Waals surface area (Å²) >= 11 is 1.18. The van der Waals surface area contributed by atoms with Crippen LogP contribution in [0.25, 0.3) is 0 Å². The highest BCUT2D eigenvalue weighted by Gasteiger charge is 2.34. The van der Waals surface area contributed by atoms with Gasteiger partial charge >= 0.3 is 0 Å².